The number of ether oxygens (including phenoxy) is 2. The number of hydrogen-bond donors (Lipinski definition) is 0. The molecule has 0 bridgehead atoms. The third-order valence-electron chi connectivity index (χ3n) is 4.01. The molecule has 4 atom stereocenters. The van der Waals surface area contributed by atoms with E-state index < -0.39 is 16.6 Å². The number of aryl methyl sites for hydroxylation is 1. The molecule has 1 aromatic carbocycles. The van der Waals surface area contributed by atoms with E-state index in [1.165, 1.54) is 5.56 Å². The summed E-state index contributed by atoms with van der Waals surface area (Å²) in [6, 6.07) is 7.86. The fourth-order valence-corrected chi connectivity index (χ4v) is 4.76. The van der Waals surface area contributed by atoms with Gasteiger partial charge in [-0.2, -0.15) is 0 Å². The van der Waals surface area contributed by atoms with E-state index in [2.05, 4.69) is 22.9 Å². The summed E-state index contributed by atoms with van der Waals surface area (Å²) in [5.41, 5.74) is 1.17. The molecule has 2 rings (SSSR count). The van der Waals surface area contributed by atoms with E-state index in [0.717, 1.165) is 24.2 Å². The van der Waals surface area contributed by atoms with Gasteiger partial charge in [0.05, 0.1) is 16.6 Å². The molecule has 1 aliphatic heterocycles. The van der Waals surface area contributed by atoms with E-state index in [4.69, 9.17) is 9.47 Å². The van der Waals surface area contributed by atoms with E-state index in [9.17, 15) is 4.21 Å². The predicted octanol–water partition coefficient (Wildman–Crippen LogP) is 4.58. The van der Waals surface area contributed by atoms with Gasteiger partial charge in [-0.25, -0.2) is 0 Å². The van der Waals surface area contributed by atoms with Crippen molar-refractivity contribution in [3.05, 3.63) is 29.8 Å². The third-order valence-corrected chi connectivity index (χ3v) is 6.42. The zero-order chi connectivity index (χ0) is 17.0. The average Bonchev–Trinajstić information content (AvgIpc) is 2.80. The summed E-state index contributed by atoms with van der Waals surface area (Å²) in [4.78, 5) is 1.08. The van der Waals surface area contributed by atoms with E-state index in [0.29, 0.717) is 5.75 Å². The largest absolute Gasteiger partial charge is 0.344 e. The Hall–Kier alpha value is -0.230. The standard InChI is InChI=1S/C18H27BrO3S/c1-5-6-7-15(19)17-16(21-18(3,4)22-17)12-23(20)14-10-8-13(2)9-11-14/h8-11,15-17H,5-7,12H2,1-4H3/t15-,16+,17-,23?/m1/s1. The molecule has 0 aliphatic carbocycles. The molecular weight excluding hydrogens is 376 g/mol. The van der Waals surface area contributed by atoms with Gasteiger partial charge in [0.2, 0.25) is 0 Å². The van der Waals surface area contributed by atoms with Crippen molar-refractivity contribution in [2.45, 2.75) is 74.7 Å². The minimum Gasteiger partial charge on any atom is -0.344 e. The van der Waals surface area contributed by atoms with Crippen LogP contribution in [0.3, 0.4) is 0 Å². The average molecular weight is 403 g/mol. The summed E-state index contributed by atoms with van der Waals surface area (Å²) in [5, 5.41) is 0. The van der Waals surface area contributed by atoms with Crippen LogP contribution in [0.25, 0.3) is 0 Å². The number of alkyl halides is 1. The van der Waals surface area contributed by atoms with Gasteiger partial charge in [-0.15, -0.1) is 0 Å². The van der Waals surface area contributed by atoms with E-state index >= 15 is 0 Å². The Bertz CT molecular complexity index is 530. The smallest absolute Gasteiger partial charge is 0.163 e. The molecule has 1 heterocycles. The number of hydrogen-bond acceptors (Lipinski definition) is 3. The lowest BCUT2D eigenvalue weighted by molar-refractivity contribution is -0.144. The molecule has 0 saturated carbocycles. The van der Waals surface area contributed by atoms with Crippen LogP contribution in [0.1, 0.15) is 45.6 Å². The van der Waals surface area contributed by atoms with Crippen molar-refractivity contribution in [2.24, 2.45) is 0 Å². The molecule has 1 unspecified atom stereocenters. The summed E-state index contributed by atoms with van der Waals surface area (Å²) in [5.74, 6) is -0.156. The lowest BCUT2D eigenvalue weighted by Crippen LogP contribution is -2.35. The maximum atomic E-state index is 12.7. The Balaban J connectivity index is 2.05. The second-order valence-electron chi connectivity index (χ2n) is 6.62. The number of unbranched alkanes of at least 4 members (excludes halogenated alkanes) is 1. The summed E-state index contributed by atoms with van der Waals surface area (Å²) >= 11 is 3.75. The fraction of sp³-hybridized carbons (Fsp3) is 0.667. The van der Waals surface area contributed by atoms with E-state index in [1.807, 2.05) is 45.0 Å². The van der Waals surface area contributed by atoms with Crippen molar-refractivity contribution in [3.8, 4) is 0 Å². The van der Waals surface area contributed by atoms with Gasteiger partial charge in [-0.1, -0.05) is 53.4 Å². The molecule has 0 spiro atoms. The Morgan fingerprint density at radius 2 is 1.91 bits per heavy atom. The molecule has 5 heteroatoms. The molecule has 130 valence electrons. The Morgan fingerprint density at radius 1 is 1.26 bits per heavy atom. The van der Waals surface area contributed by atoms with Crippen LogP contribution in [0.2, 0.25) is 0 Å². The molecule has 0 N–H and O–H groups in total. The lowest BCUT2D eigenvalue weighted by atomic mass is 10.1. The molecule has 1 fully saturated rings. The SMILES string of the molecule is CCCC[C@@H](Br)[C@H]1OC(C)(C)O[C@H]1CS(=O)c1ccc(C)cc1. The highest BCUT2D eigenvalue weighted by molar-refractivity contribution is 9.09. The molecule has 1 aromatic rings. The van der Waals surface area contributed by atoms with E-state index in [1.54, 1.807) is 0 Å². The van der Waals surface area contributed by atoms with Crippen molar-refractivity contribution < 1.29 is 13.7 Å². The molecule has 3 nitrogen and oxygen atoms in total. The Kier molecular flexibility index (Phi) is 6.84. The molecular formula is C18H27BrO3S. The predicted molar refractivity (Wildman–Crippen MR) is 98.5 cm³/mol. The second-order valence-corrected chi connectivity index (χ2v) is 9.29. The Labute approximate surface area is 150 Å². The van der Waals surface area contributed by atoms with Crippen molar-refractivity contribution in [3.63, 3.8) is 0 Å². The van der Waals surface area contributed by atoms with Gasteiger partial charge in [-0.05, 0) is 39.3 Å². The van der Waals surface area contributed by atoms with Crippen LogP contribution in [0.4, 0.5) is 0 Å². The Morgan fingerprint density at radius 3 is 2.52 bits per heavy atom. The normalized spacial score (nSPS) is 26.1. The molecule has 0 amide bonds. The fourth-order valence-electron chi connectivity index (χ4n) is 2.80. The van der Waals surface area contributed by atoms with Crippen molar-refractivity contribution in [1.29, 1.82) is 0 Å². The van der Waals surface area contributed by atoms with Gasteiger partial charge >= 0.3 is 0 Å². The minimum atomic E-state index is -1.08. The van der Waals surface area contributed by atoms with Crippen molar-refractivity contribution in [1.82, 2.24) is 0 Å². The summed E-state index contributed by atoms with van der Waals surface area (Å²) in [6.45, 7) is 8.06. The number of halogens is 1. The second kappa shape index (κ2) is 8.24. The first kappa shape index (κ1) is 19.1. The lowest BCUT2D eigenvalue weighted by Gasteiger charge is -2.22. The molecule has 1 aliphatic rings. The molecule has 0 aromatic heterocycles. The van der Waals surface area contributed by atoms with Gasteiger partial charge in [0.15, 0.2) is 5.79 Å². The first-order chi connectivity index (χ1) is 10.8. The molecule has 1 saturated heterocycles. The summed E-state index contributed by atoms with van der Waals surface area (Å²) < 4.78 is 24.8. The third kappa shape index (κ3) is 5.38. The molecule has 0 radical (unpaired) electrons. The van der Waals surface area contributed by atoms with Crippen LogP contribution in [-0.4, -0.2) is 32.8 Å². The first-order valence-corrected chi connectivity index (χ1v) is 10.5. The van der Waals surface area contributed by atoms with Gasteiger partial charge in [0, 0.05) is 9.72 Å². The minimum absolute atomic E-state index is 0.0639. The van der Waals surface area contributed by atoms with Crippen LogP contribution >= 0.6 is 15.9 Å². The highest BCUT2D eigenvalue weighted by Gasteiger charge is 2.44. The highest BCUT2D eigenvalue weighted by atomic mass is 79.9. The zero-order valence-electron chi connectivity index (χ0n) is 14.4. The van der Waals surface area contributed by atoms with Crippen LogP contribution in [0.15, 0.2) is 29.2 Å². The van der Waals surface area contributed by atoms with Gasteiger partial charge in [0.1, 0.15) is 12.2 Å². The quantitative estimate of drug-likeness (QED) is 0.626. The summed E-state index contributed by atoms with van der Waals surface area (Å²) in [6.07, 6.45) is 3.11. The number of rotatable bonds is 7. The van der Waals surface area contributed by atoms with Crippen LogP contribution in [0.5, 0.6) is 0 Å². The maximum Gasteiger partial charge on any atom is 0.163 e. The van der Waals surface area contributed by atoms with Gasteiger partial charge in [-0.3, -0.25) is 4.21 Å². The van der Waals surface area contributed by atoms with Crippen LogP contribution < -0.4 is 0 Å². The zero-order valence-corrected chi connectivity index (χ0v) is 16.8. The topological polar surface area (TPSA) is 35.5 Å². The maximum absolute atomic E-state index is 12.7. The summed E-state index contributed by atoms with van der Waals surface area (Å²) in [7, 11) is -1.08. The van der Waals surface area contributed by atoms with Crippen molar-refractivity contribution >= 4 is 26.7 Å². The van der Waals surface area contributed by atoms with Gasteiger partial charge in [0.25, 0.3) is 0 Å². The van der Waals surface area contributed by atoms with E-state index in [-0.39, 0.29) is 17.0 Å². The highest BCUT2D eigenvalue weighted by Crippen LogP contribution is 2.35. The van der Waals surface area contributed by atoms with Gasteiger partial charge < -0.3 is 9.47 Å². The molecule has 23 heavy (non-hydrogen) atoms. The first-order valence-electron chi connectivity index (χ1n) is 8.27. The number of benzene rings is 1. The monoisotopic (exact) mass is 402 g/mol. The van der Waals surface area contributed by atoms with Crippen LogP contribution in [-0.2, 0) is 20.3 Å². The van der Waals surface area contributed by atoms with Crippen molar-refractivity contribution in [2.75, 3.05) is 5.75 Å². The van der Waals surface area contributed by atoms with Crippen LogP contribution in [0, 0.1) is 6.92 Å².